The van der Waals surface area contributed by atoms with E-state index in [4.69, 9.17) is 14.2 Å². The molecule has 2 aromatic carbocycles. The molecule has 0 saturated carbocycles. The van der Waals surface area contributed by atoms with E-state index in [-0.39, 0.29) is 0 Å². The molecule has 6 nitrogen and oxygen atoms in total. The van der Waals surface area contributed by atoms with Crippen molar-refractivity contribution in [2.24, 2.45) is 0 Å². The maximum Gasteiger partial charge on any atom is 0.123 e. The molecule has 2 aromatic rings. The number of methoxy groups -OCH3 is 2. The highest BCUT2D eigenvalue weighted by atomic mass is 16.5. The fraction of sp³-hybridized carbons (Fsp3) is 0.391. The standard InChI is InChI=1S/C23H30N2O4/c1-27-22-13-19(14-23(15-22)28-2)4-3-18-5-7-21(8-6-18)29-17-20(26)16-25-11-9-24-10-12-25/h3-8,13-15,20,24,26H,9-12,16-17H2,1-2H3/b4-3+. The van der Waals surface area contributed by atoms with Crippen LogP contribution in [0.25, 0.3) is 12.2 Å². The maximum atomic E-state index is 10.2. The predicted octanol–water partition coefficient (Wildman–Crippen LogP) is 2.52. The molecule has 0 aromatic heterocycles. The smallest absolute Gasteiger partial charge is 0.123 e. The number of ether oxygens (including phenoxy) is 3. The predicted molar refractivity (Wildman–Crippen MR) is 116 cm³/mol. The quantitative estimate of drug-likeness (QED) is 0.633. The number of aliphatic hydroxyl groups excluding tert-OH is 1. The second-order valence-electron chi connectivity index (χ2n) is 7.06. The van der Waals surface area contributed by atoms with Gasteiger partial charge < -0.3 is 24.6 Å². The van der Waals surface area contributed by atoms with Crippen LogP contribution in [0.5, 0.6) is 17.2 Å². The van der Waals surface area contributed by atoms with Crippen LogP contribution in [0.2, 0.25) is 0 Å². The molecule has 3 rings (SSSR count). The van der Waals surface area contributed by atoms with E-state index in [1.165, 1.54) is 0 Å². The third-order valence-corrected chi connectivity index (χ3v) is 4.84. The third kappa shape index (κ3) is 6.78. The first-order valence-corrected chi connectivity index (χ1v) is 9.91. The summed E-state index contributed by atoms with van der Waals surface area (Å²) in [6, 6.07) is 13.6. The highest BCUT2D eigenvalue weighted by Crippen LogP contribution is 2.24. The van der Waals surface area contributed by atoms with Crippen molar-refractivity contribution in [3.8, 4) is 17.2 Å². The summed E-state index contributed by atoms with van der Waals surface area (Å²) in [6.07, 6.45) is 3.55. The summed E-state index contributed by atoms with van der Waals surface area (Å²) in [5, 5.41) is 13.5. The lowest BCUT2D eigenvalue weighted by Crippen LogP contribution is -2.47. The Labute approximate surface area is 172 Å². The van der Waals surface area contributed by atoms with Gasteiger partial charge in [0.1, 0.15) is 30.0 Å². The van der Waals surface area contributed by atoms with Gasteiger partial charge in [0.15, 0.2) is 0 Å². The van der Waals surface area contributed by atoms with Gasteiger partial charge >= 0.3 is 0 Å². The molecule has 1 aliphatic heterocycles. The van der Waals surface area contributed by atoms with Gasteiger partial charge in [-0.2, -0.15) is 0 Å². The highest BCUT2D eigenvalue weighted by Gasteiger charge is 2.14. The first kappa shape index (κ1) is 21.2. The van der Waals surface area contributed by atoms with Crippen molar-refractivity contribution in [1.82, 2.24) is 10.2 Å². The summed E-state index contributed by atoms with van der Waals surface area (Å²) in [4.78, 5) is 2.26. The minimum atomic E-state index is -0.490. The number of hydrogen-bond acceptors (Lipinski definition) is 6. The lowest BCUT2D eigenvalue weighted by Gasteiger charge is -2.29. The molecule has 0 aliphatic carbocycles. The zero-order valence-electron chi connectivity index (χ0n) is 17.1. The Morgan fingerprint density at radius 3 is 2.17 bits per heavy atom. The van der Waals surface area contributed by atoms with Crippen LogP contribution in [0.1, 0.15) is 11.1 Å². The van der Waals surface area contributed by atoms with Crippen molar-refractivity contribution in [2.75, 3.05) is 53.6 Å². The second kappa shape index (κ2) is 10.9. The topological polar surface area (TPSA) is 63.2 Å². The summed E-state index contributed by atoms with van der Waals surface area (Å²) in [5.41, 5.74) is 2.05. The Kier molecular flexibility index (Phi) is 7.93. The van der Waals surface area contributed by atoms with Crippen LogP contribution in [0.4, 0.5) is 0 Å². The molecule has 1 aliphatic rings. The fourth-order valence-electron chi connectivity index (χ4n) is 3.23. The van der Waals surface area contributed by atoms with Crippen LogP contribution in [-0.4, -0.2) is 69.7 Å². The number of rotatable bonds is 9. The molecule has 2 N–H and O–H groups in total. The van der Waals surface area contributed by atoms with E-state index in [0.29, 0.717) is 13.2 Å². The molecular formula is C23H30N2O4. The summed E-state index contributed by atoms with van der Waals surface area (Å²) < 4.78 is 16.3. The normalized spacial score (nSPS) is 16.0. The van der Waals surface area contributed by atoms with Crippen molar-refractivity contribution in [3.05, 3.63) is 53.6 Å². The van der Waals surface area contributed by atoms with Crippen LogP contribution in [-0.2, 0) is 0 Å². The molecule has 1 fully saturated rings. The molecule has 156 valence electrons. The van der Waals surface area contributed by atoms with Gasteiger partial charge in [0.05, 0.1) is 14.2 Å². The fourth-order valence-corrected chi connectivity index (χ4v) is 3.23. The van der Waals surface area contributed by atoms with Crippen molar-refractivity contribution >= 4 is 12.2 Å². The highest BCUT2D eigenvalue weighted by molar-refractivity contribution is 5.71. The Morgan fingerprint density at radius 1 is 0.931 bits per heavy atom. The second-order valence-corrected chi connectivity index (χ2v) is 7.06. The van der Waals surface area contributed by atoms with E-state index in [2.05, 4.69) is 10.2 Å². The zero-order chi connectivity index (χ0) is 20.5. The molecule has 0 spiro atoms. The minimum absolute atomic E-state index is 0.294. The van der Waals surface area contributed by atoms with Crippen LogP contribution in [0.15, 0.2) is 42.5 Å². The van der Waals surface area contributed by atoms with E-state index in [0.717, 1.165) is 54.6 Å². The van der Waals surface area contributed by atoms with E-state index in [9.17, 15) is 5.11 Å². The Morgan fingerprint density at radius 2 is 1.55 bits per heavy atom. The molecule has 29 heavy (non-hydrogen) atoms. The SMILES string of the molecule is COc1cc(/C=C/c2ccc(OCC(O)CN3CCNCC3)cc2)cc(OC)c1. The van der Waals surface area contributed by atoms with Crippen molar-refractivity contribution in [3.63, 3.8) is 0 Å². The summed E-state index contributed by atoms with van der Waals surface area (Å²) in [6.45, 7) is 4.83. The van der Waals surface area contributed by atoms with Crippen molar-refractivity contribution in [1.29, 1.82) is 0 Å². The molecule has 0 radical (unpaired) electrons. The van der Waals surface area contributed by atoms with Crippen molar-refractivity contribution < 1.29 is 19.3 Å². The number of nitrogens with one attached hydrogen (secondary N) is 1. The van der Waals surface area contributed by atoms with Crippen LogP contribution in [0.3, 0.4) is 0 Å². The largest absolute Gasteiger partial charge is 0.497 e. The number of hydrogen-bond donors (Lipinski definition) is 2. The van der Waals surface area contributed by atoms with E-state index >= 15 is 0 Å². The van der Waals surface area contributed by atoms with Gasteiger partial charge in [0.2, 0.25) is 0 Å². The van der Waals surface area contributed by atoms with Crippen LogP contribution in [0, 0.1) is 0 Å². The third-order valence-electron chi connectivity index (χ3n) is 4.84. The number of piperazine rings is 1. The Bertz CT molecular complexity index is 764. The lowest BCUT2D eigenvalue weighted by atomic mass is 10.1. The van der Waals surface area contributed by atoms with Crippen LogP contribution >= 0.6 is 0 Å². The number of benzene rings is 2. The van der Waals surface area contributed by atoms with Gasteiger partial charge in [-0.3, -0.25) is 4.90 Å². The number of β-amino-alcohol motifs (C(OH)–C–C–N with tert-alkyl or cyclic N) is 1. The lowest BCUT2D eigenvalue weighted by molar-refractivity contribution is 0.0641. The molecule has 1 heterocycles. The van der Waals surface area contributed by atoms with Gasteiger partial charge in [-0.05, 0) is 35.4 Å². The van der Waals surface area contributed by atoms with Gasteiger partial charge in [-0.15, -0.1) is 0 Å². The van der Waals surface area contributed by atoms with Gasteiger partial charge in [-0.1, -0.05) is 24.3 Å². The van der Waals surface area contributed by atoms with Crippen LogP contribution < -0.4 is 19.5 Å². The van der Waals surface area contributed by atoms with Gasteiger partial charge in [-0.25, -0.2) is 0 Å². The average Bonchev–Trinajstić information content (AvgIpc) is 2.77. The molecule has 0 amide bonds. The molecule has 6 heteroatoms. The summed E-state index contributed by atoms with van der Waals surface area (Å²) in [5.74, 6) is 2.27. The summed E-state index contributed by atoms with van der Waals surface area (Å²) in [7, 11) is 3.28. The summed E-state index contributed by atoms with van der Waals surface area (Å²) >= 11 is 0. The maximum absolute atomic E-state index is 10.2. The van der Waals surface area contributed by atoms with Crippen molar-refractivity contribution in [2.45, 2.75) is 6.10 Å². The van der Waals surface area contributed by atoms with E-state index in [1.54, 1.807) is 14.2 Å². The zero-order valence-corrected chi connectivity index (χ0v) is 17.1. The monoisotopic (exact) mass is 398 g/mol. The average molecular weight is 399 g/mol. The van der Waals surface area contributed by atoms with E-state index in [1.807, 2.05) is 54.6 Å². The molecule has 1 atom stereocenters. The molecule has 0 bridgehead atoms. The van der Waals surface area contributed by atoms with E-state index < -0.39 is 6.10 Å². The molecule has 1 saturated heterocycles. The number of aliphatic hydroxyl groups is 1. The van der Waals surface area contributed by atoms with Gasteiger partial charge in [0.25, 0.3) is 0 Å². The van der Waals surface area contributed by atoms with Gasteiger partial charge in [0, 0.05) is 38.8 Å². The molecule has 1 unspecified atom stereocenters. The molecular weight excluding hydrogens is 368 g/mol. The Hall–Kier alpha value is -2.54. The number of nitrogens with zero attached hydrogens (tertiary/aromatic N) is 1. The first-order valence-electron chi connectivity index (χ1n) is 9.91. The minimum Gasteiger partial charge on any atom is -0.497 e. The Balaban J connectivity index is 1.51. The first-order chi connectivity index (χ1) is 14.2.